The summed E-state index contributed by atoms with van der Waals surface area (Å²) in [5.41, 5.74) is 29.8. The van der Waals surface area contributed by atoms with Crippen LogP contribution in [0.25, 0.3) is 127 Å². The molecule has 0 saturated carbocycles. The van der Waals surface area contributed by atoms with Crippen LogP contribution in [0.4, 0.5) is 34.1 Å². The van der Waals surface area contributed by atoms with E-state index in [1.54, 1.807) is 0 Å². The number of fused-ring (bicyclic) bond motifs is 10. The van der Waals surface area contributed by atoms with E-state index in [0.717, 1.165) is 95.4 Å². The van der Waals surface area contributed by atoms with Crippen LogP contribution in [-0.2, 0) is 0 Å². The summed E-state index contributed by atoms with van der Waals surface area (Å²) >= 11 is 0. The minimum absolute atomic E-state index is 0.242. The second-order valence-corrected chi connectivity index (χ2v) is 25.5. The van der Waals surface area contributed by atoms with Crippen molar-refractivity contribution in [2.75, 3.05) is 9.80 Å². The van der Waals surface area contributed by atoms with Crippen molar-refractivity contribution in [3.63, 3.8) is 0 Å². The van der Waals surface area contributed by atoms with E-state index in [2.05, 4.69) is 378 Å². The van der Waals surface area contributed by atoms with Gasteiger partial charge in [-0.25, -0.2) is 0 Å². The fourth-order valence-corrected chi connectivity index (χ4v) is 15.8. The number of anilines is 6. The zero-order chi connectivity index (χ0) is 63.2. The third-order valence-corrected chi connectivity index (χ3v) is 20.1. The molecule has 0 atom stereocenters. The van der Waals surface area contributed by atoms with Crippen molar-refractivity contribution in [3.05, 3.63) is 364 Å². The van der Waals surface area contributed by atoms with Gasteiger partial charge in [0.25, 0.3) is 6.71 Å². The quantitative estimate of drug-likeness (QED) is 0.126. The number of hydrogen-bond donors (Lipinski definition) is 0. The average Bonchev–Trinajstić information content (AvgIpc) is 0.848. The molecule has 0 radical (unpaired) electrons. The molecule has 96 heavy (non-hydrogen) atoms. The van der Waals surface area contributed by atoms with E-state index in [-0.39, 0.29) is 6.71 Å². The molecule has 0 spiro atoms. The lowest BCUT2D eigenvalue weighted by molar-refractivity contribution is 1.16. The van der Waals surface area contributed by atoms with E-state index in [1.807, 2.05) is 0 Å². The van der Waals surface area contributed by atoms with Crippen molar-refractivity contribution in [3.8, 4) is 83.6 Å². The number of hydrogen-bond acceptors (Lipinski definition) is 2. The molecule has 446 valence electrons. The molecular formula is C92H60BN3. The van der Waals surface area contributed by atoms with Crippen LogP contribution in [0, 0.1) is 0 Å². The van der Waals surface area contributed by atoms with Gasteiger partial charge in [0.2, 0.25) is 0 Å². The van der Waals surface area contributed by atoms with Crippen LogP contribution in [0.1, 0.15) is 0 Å². The summed E-state index contributed by atoms with van der Waals surface area (Å²) in [6.45, 7) is -0.242. The predicted molar refractivity (Wildman–Crippen MR) is 408 cm³/mol. The first-order chi connectivity index (χ1) is 47.6. The molecule has 16 aromatic carbocycles. The minimum atomic E-state index is -0.242. The summed E-state index contributed by atoms with van der Waals surface area (Å²) in [6, 6.07) is 136. The molecule has 0 fully saturated rings. The molecule has 1 aromatic heterocycles. The summed E-state index contributed by atoms with van der Waals surface area (Å²) in [5, 5.41) is 7.30. The molecule has 0 bridgehead atoms. The molecule has 2 aliphatic heterocycles. The van der Waals surface area contributed by atoms with Crippen LogP contribution < -0.4 is 26.2 Å². The Morgan fingerprint density at radius 3 is 1.08 bits per heavy atom. The summed E-state index contributed by atoms with van der Waals surface area (Å²) in [7, 11) is 0. The summed E-state index contributed by atoms with van der Waals surface area (Å²) in [4.78, 5) is 5.33. The predicted octanol–water partition coefficient (Wildman–Crippen LogP) is 22.8. The van der Waals surface area contributed by atoms with Gasteiger partial charge in [0, 0.05) is 55.8 Å². The van der Waals surface area contributed by atoms with Crippen molar-refractivity contribution in [2.45, 2.75) is 0 Å². The lowest BCUT2D eigenvalue weighted by atomic mass is 9.33. The number of aromatic nitrogens is 1. The Morgan fingerprint density at radius 2 is 0.594 bits per heavy atom. The van der Waals surface area contributed by atoms with Gasteiger partial charge in [0.15, 0.2) is 0 Å². The van der Waals surface area contributed by atoms with E-state index in [0.29, 0.717) is 0 Å². The third kappa shape index (κ3) is 8.98. The Hall–Kier alpha value is -12.5. The number of benzene rings is 16. The molecule has 19 rings (SSSR count). The van der Waals surface area contributed by atoms with Crippen LogP contribution in [0.3, 0.4) is 0 Å². The van der Waals surface area contributed by atoms with E-state index >= 15 is 0 Å². The van der Waals surface area contributed by atoms with Crippen molar-refractivity contribution in [1.82, 2.24) is 4.57 Å². The Kier molecular flexibility index (Phi) is 13.0. The van der Waals surface area contributed by atoms with Gasteiger partial charge in [-0.1, -0.05) is 315 Å². The zero-order valence-electron chi connectivity index (χ0n) is 52.6. The Bertz CT molecular complexity index is 5530. The molecule has 4 heteroatoms. The molecule has 17 aromatic rings. The number of rotatable bonds is 10. The summed E-state index contributed by atoms with van der Waals surface area (Å²) < 4.78 is 2.58. The number of para-hydroxylation sites is 2. The maximum absolute atomic E-state index is 2.67. The van der Waals surface area contributed by atoms with Crippen molar-refractivity contribution in [2.24, 2.45) is 0 Å². The highest BCUT2D eigenvalue weighted by atomic mass is 15.2. The smallest absolute Gasteiger partial charge is 0.252 e. The second kappa shape index (κ2) is 22.7. The largest absolute Gasteiger partial charge is 0.310 e. The van der Waals surface area contributed by atoms with Gasteiger partial charge in [0.1, 0.15) is 0 Å². The molecule has 2 aliphatic rings. The number of nitrogens with zero attached hydrogens (tertiary/aromatic N) is 3. The highest BCUT2D eigenvalue weighted by Gasteiger charge is 2.46. The Morgan fingerprint density at radius 1 is 0.219 bits per heavy atom. The molecular weight excluding hydrogens is 1160 g/mol. The third-order valence-electron chi connectivity index (χ3n) is 20.1. The molecule has 0 saturated heterocycles. The van der Waals surface area contributed by atoms with Gasteiger partial charge in [-0.2, -0.15) is 0 Å². The van der Waals surface area contributed by atoms with Gasteiger partial charge in [0.05, 0.1) is 28.1 Å². The lowest BCUT2D eigenvalue weighted by Crippen LogP contribution is -2.61. The lowest BCUT2D eigenvalue weighted by Gasteiger charge is -2.46. The van der Waals surface area contributed by atoms with Gasteiger partial charge >= 0.3 is 0 Å². The SMILES string of the molecule is c1ccc(-c2ccc3c(c2)B2c4cc(-c5ccccc5)ccc4N(c4c(-c5ccccc5)cccc4-c4ccccc4)c4cc(-n5c6ccc(-c7ccc8ccccc8c7)cc6c6c7ccccc7ccc65)cc(c42)N3c2c(-c3ccccc3)cccc2-c2ccccc2)cc1. The average molecular weight is 1220 g/mol. The fraction of sp³-hybridized carbons (Fsp3) is 0. The van der Waals surface area contributed by atoms with Gasteiger partial charge in [-0.15, -0.1) is 0 Å². The van der Waals surface area contributed by atoms with E-state index in [9.17, 15) is 0 Å². The van der Waals surface area contributed by atoms with Crippen LogP contribution in [0.15, 0.2) is 364 Å². The second-order valence-electron chi connectivity index (χ2n) is 25.5. The van der Waals surface area contributed by atoms with Crippen molar-refractivity contribution < 1.29 is 0 Å². The van der Waals surface area contributed by atoms with E-state index in [4.69, 9.17) is 0 Å². The topological polar surface area (TPSA) is 11.4 Å². The van der Waals surface area contributed by atoms with Crippen LogP contribution in [0.5, 0.6) is 0 Å². The fourth-order valence-electron chi connectivity index (χ4n) is 15.8. The van der Waals surface area contributed by atoms with E-state index in [1.165, 1.54) is 82.1 Å². The first kappa shape index (κ1) is 55.2. The molecule has 3 nitrogen and oxygen atoms in total. The normalized spacial score (nSPS) is 12.3. The maximum Gasteiger partial charge on any atom is 0.252 e. The molecule has 0 aliphatic carbocycles. The van der Waals surface area contributed by atoms with Gasteiger partial charge < -0.3 is 14.4 Å². The first-order valence-corrected chi connectivity index (χ1v) is 33.3. The van der Waals surface area contributed by atoms with Gasteiger partial charge in [-0.3, -0.25) is 0 Å². The summed E-state index contributed by atoms with van der Waals surface area (Å²) in [6.07, 6.45) is 0. The highest BCUT2D eigenvalue weighted by Crippen LogP contribution is 2.54. The molecule has 3 heterocycles. The first-order valence-electron chi connectivity index (χ1n) is 33.3. The van der Waals surface area contributed by atoms with E-state index < -0.39 is 0 Å². The zero-order valence-corrected chi connectivity index (χ0v) is 52.6. The highest BCUT2D eigenvalue weighted by molar-refractivity contribution is 7.00. The van der Waals surface area contributed by atoms with Crippen LogP contribution in [-0.4, -0.2) is 11.3 Å². The monoisotopic (exact) mass is 1220 g/mol. The molecule has 0 N–H and O–H groups in total. The molecule has 0 amide bonds. The van der Waals surface area contributed by atoms with Gasteiger partial charge in [-0.05, 0) is 142 Å². The Balaban J connectivity index is 1.000. The molecule has 0 unspecified atom stereocenters. The maximum atomic E-state index is 2.67. The standard InChI is InChI=1S/C92H60BN3/c1-7-25-61(26-8-1)72-49-52-84-81(57-72)93-82-58-73(62-27-9-2-10-28-62)50-53-85(82)96(92-78(66-34-15-5-16-35-66)43-24-44-79(92)67-36-17-6-18-37-67)88-60-74(59-87(90(88)93)95(84)91-76(64-30-11-3-12-31-64)41-23-42-77(91)65-32-13-4-14-33-65)94-83-51-48-71(70-46-45-63-29-19-20-39-69(63)55-70)56-80(83)89-75-40-22-21-38-68(75)47-54-86(89)94/h1-60H. The minimum Gasteiger partial charge on any atom is -0.310 e. The van der Waals surface area contributed by atoms with Crippen LogP contribution >= 0.6 is 0 Å². The van der Waals surface area contributed by atoms with Crippen LogP contribution in [0.2, 0.25) is 0 Å². The summed E-state index contributed by atoms with van der Waals surface area (Å²) in [5.74, 6) is 0. The Labute approximate surface area is 559 Å². The van der Waals surface area contributed by atoms with Crippen molar-refractivity contribution in [1.29, 1.82) is 0 Å². The van der Waals surface area contributed by atoms with Crippen molar-refractivity contribution >= 4 is 101 Å².